The molecule has 88 valence electrons. The van der Waals surface area contributed by atoms with E-state index in [4.69, 9.17) is 0 Å². The Balaban J connectivity index is 2.08. The molecule has 0 aliphatic carbocycles. The molecule has 0 bridgehead atoms. The Bertz CT molecular complexity index is 522. The quantitative estimate of drug-likeness (QED) is 0.835. The predicted molar refractivity (Wildman–Crippen MR) is 57.9 cm³/mol. The summed E-state index contributed by atoms with van der Waals surface area (Å²) in [6.45, 7) is 1.89. The summed E-state index contributed by atoms with van der Waals surface area (Å²) >= 11 is 0. The lowest BCUT2D eigenvalue weighted by atomic mass is 10.4. The Kier molecular flexibility index (Phi) is 3.08. The number of carbonyl (C=O) groups excluding carboxylic acids is 1. The third-order valence-corrected chi connectivity index (χ3v) is 2.04. The summed E-state index contributed by atoms with van der Waals surface area (Å²) < 4.78 is 12.6. The van der Waals surface area contributed by atoms with Crippen molar-refractivity contribution in [2.75, 3.05) is 5.32 Å². The van der Waals surface area contributed by atoms with Crippen LogP contribution in [-0.4, -0.2) is 26.1 Å². The summed E-state index contributed by atoms with van der Waals surface area (Å²) in [7, 11) is 0. The van der Waals surface area contributed by atoms with Gasteiger partial charge in [-0.1, -0.05) is 6.92 Å². The largest absolute Gasteiger partial charge is 0.304 e. The van der Waals surface area contributed by atoms with Crippen molar-refractivity contribution < 1.29 is 9.18 Å². The fourth-order valence-corrected chi connectivity index (χ4v) is 1.18. The van der Waals surface area contributed by atoms with Gasteiger partial charge in [0.2, 0.25) is 5.82 Å². The number of amides is 1. The third-order valence-electron chi connectivity index (χ3n) is 2.04. The van der Waals surface area contributed by atoms with Crippen LogP contribution in [0.5, 0.6) is 0 Å². The maximum atomic E-state index is 12.6. The molecule has 0 saturated heterocycles. The van der Waals surface area contributed by atoms with Crippen LogP contribution in [0.2, 0.25) is 0 Å². The van der Waals surface area contributed by atoms with Crippen molar-refractivity contribution in [2.45, 2.75) is 13.3 Å². The van der Waals surface area contributed by atoms with E-state index in [1.807, 2.05) is 6.92 Å². The number of aromatic amines is 1. The molecule has 0 atom stereocenters. The predicted octanol–water partition coefficient (Wildman–Crippen LogP) is 1.15. The van der Waals surface area contributed by atoms with E-state index in [1.54, 1.807) is 0 Å². The molecule has 0 spiro atoms. The second-order valence-corrected chi connectivity index (χ2v) is 3.28. The molecule has 2 N–H and O–H groups in total. The molecule has 2 aromatic rings. The molecule has 0 aliphatic rings. The van der Waals surface area contributed by atoms with E-state index in [-0.39, 0.29) is 11.6 Å². The van der Waals surface area contributed by atoms with Gasteiger partial charge in [-0.05, 0) is 12.1 Å². The number of halogens is 1. The van der Waals surface area contributed by atoms with Crippen molar-refractivity contribution in [1.82, 2.24) is 20.2 Å². The van der Waals surface area contributed by atoms with Gasteiger partial charge in [0.15, 0.2) is 0 Å². The minimum Gasteiger partial charge on any atom is -0.304 e. The average molecular weight is 235 g/mol. The number of rotatable bonds is 3. The Hall–Kier alpha value is -2.31. The molecular weight excluding hydrogens is 225 g/mol. The molecule has 6 nitrogen and oxygen atoms in total. The van der Waals surface area contributed by atoms with Crippen molar-refractivity contribution in [1.29, 1.82) is 0 Å². The molecule has 0 radical (unpaired) electrons. The Morgan fingerprint density at radius 2 is 2.35 bits per heavy atom. The number of aryl methyl sites for hydroxylation is 1. The zero-order valence-electron chi connectivity index (χ0n) is 9.07. The highest BCUT2D eigenvalue weighted by molar-refractivity contribution is 6.00. The van der Waals surface area contributed by atoms with Gasteiger partial charge in [-0.15, -0.1) is 5.10 Å². The maximum Gasteiger partial charge on any atom is 0.296 e. The minimum absolute atomic E-state index is 0.0352. The van der Waals surface area contributed by atoms with Crippen LogP contribution in [0.15, 0.2) is 18.3 Å². The lowest BCUT2D eigenvalue weighted by Crippen LogP contribution is -2.14. The molecule has 2 heterocycles. The smallest absolute Gasteiger partial charge is 0.296 e. The molecule has 2 rings (SSSR count). The molecule has 0 fully saturated rings. The first-order valence-electron chi connectivity index (χ1n) is 5.03. The average Bonchev–Trinajstić information content (AvgIpc) is 2.81. The van der Waals surface area contributed by atoms with E-state index in [0.717, 1.165) is 6.20 Å². The number of nitrogens with one attached hydrogen (secondary N) is 2. The van der Waals surface area contributed by atoms with Gasteiger partial charge in [-0.25, -0.2) is 14.4 Å². The van der Waals surface area contributed by atoms with Gasteiger partial charge >= 0.3 is 0 Å². The molecular formula is C10H10FN5O. The number of carbonyl (C=O) groups is 1. The van der Waals surface area contributed by atoms with Gasteiger partial charge in [0.1, 0.15) is 17.5 Å². The zero-order valence-corrected chi connectivity index (χ0v) is 9.07. The molecule has 1 amide bonds. The Morgan fingerprint density at radius 1 is 1.53 bits per heavy atom. The van der Waals surface area contributed by atoms with E-state index >= 15 is 0 Å². The van der Waals surface area contributed by atoms with Crippen molar-refractivity contribution in [3.05, 3.63) is 35.8 Å². The van der Waals surface area contributed by atoms with E-state index in [2.05, 4.69) is 25.5 Å². The van der Waals surface area contributed by atoms with E-state index < -0.39 is 11.7 Å². The van der Waals surface area contributed by atoms with Crippen LogP contribution in [0.3, 0.4) is 0 Å². The van der Waals surface area contributed by atoms with Crippen molar-refractivity contribution in [3.8, 4) is 0 Å². The molecule has 17 heavy (non-hydrogen) atoms. The van der Waals surface area contributed by atoms with Crippen LogP contribution in [0.25, 0.3) is 0 Å². The normalized spacial score (nSPS) is 10.2. The standard InChI is InChI=1S/C10H10FN5O/c1-2-7-13-9(16-15-7)10(17)14-8-4-3-6(11)5-12-8/h3-5H,2H2,1H3,(H,12,14,17)(H,13,15,16). The van der Waals surface area contributed by atoms with Crippen LogP contribution in [-0.2, 0) is 6.42 Å². The highest BCUT2D eigenvalue weighted by atomic mass is 19.1. The number of H-pyrrole nitrogens is 1. The van der Waals surface area contributed by atoms with Crippen LogP contribution in [0, 0.1) is 5.82 Å². The Labute approximate surface area is 96.3 Å². The molecule has 0 aromatic carbocycles. The summed E-state index contributed by atoms with van der Waals surface area (Å²) in [4.78, 5) is 19.3. The van der Waals surface area contributed by atoms with Crippen molar-refractivity contribution >= 4 is 11.7 Å². The van der Waals surface area contributed by atoms with Crippen molar-refractivity contribution in [2.24, 2.45) is 0 Å². The Morgan fingerprint density at radius 3 is 2.94 bits per heavy atom. The number of aromatic nitrogens is 4. The first-order valence-corrected chi connectivity index (χ1v) is 5.03. The molecule has 7 heteroatoms. The first kappa shape index (κ1) is 11.2. The molecule has 0 saturated carbocycles. The van der Waals surface area contributed by atoms with E-state index in [9.17, 15) is 9.18 Å². The van der Waals surface area contributed by atoms with Crippen LogP contribution in [0.4, 0.5) is 10.2 Å². The highest BCUT2D eigenvalue weighted by Gasteiger charge is 2.12. The van der Waals surface area contributed by atoms with Crippen LogP contribution < -0.4 is 5.32 Å². The summed E-state index contributed by atoms with van der Waals surface area (Å²) in [6.07, 6.45) is 1.68. The number of nitrogens with zero attached hydrogens (tertiary/aromatic N) is 3. The van der Waals surface area contributed by atoms with Gasteiger partial charge in [0, 0.05) is 6.42 Å². The summed E-state index contributed by atoms with van der Waals surface area (Å²) in [5.74, 6) is -0.0383. The third kappa shape index (κ3) is 2.63. The SMILES string of the molecule is CCc1nc(C(=O)Nc2ccc(F)cn2)n[nH]1. The monoisotopic (exact) mass is 235 g/mol. The number of hydrogen-bond donors (Lipinski definition) is 2. The van der Waals surface area contributed by atoms with Gasteiger partial charge in [-0.3, -0.25) is 9.89 Å². The maximum absolute atomic E-state index is 12.6. The van der Waals surface area contributed by atoms with Crippen molar-refractivity contribution in [3.63, 3.8) is 0 Å². The van der Waals surface area contributed by atoms with Gasteiger partial charge in [0.05, 0.1) is 6.20 Å². The fraction of sp³-hybridized carbons (Fsp3) is 0.200. The molecule has 0 aliphatic heterocycles. The zero-order chi connectivity index (χ0) is 12.3. The number of hydrogen-bond acceptors (Lipinski definition) is 4. The van der Waals surface area contributed by atoms with Gasteiger partial charge in [0.25, 0.3) is 5.91 Å². The van der Waals surface area contributed by atoms with Crippen LogP contribution in [0.1, 0.15) is 23.4 Å². The lowest BCUT2D eigenvalue weighted by Gasteiger charge is -2.00. The van der Waals surface area contributed by atoms with Crippen LogP contribution >= 0.6 is 0 Å². The number of pyridine rings is 1. The lowest BCUT2D eigenvalue weighted by molar-refractivity contribution is 0.101. The van der Waals surface area contributed by atoms with E-state index in [1.165, 1.54) is 12.1 Å². The minimum atomic E-state index is -0.486. The number of anilines is 1. The van der Waals surface area contributed by atoms with E-state index in [0.29, 0.717) is 12.2 Å². The topological polar surface area (TPSA) is 83.6 Å². The molecule has 2 aromatic heterocycles. The summed E-state index contributed by atoms with van der Waals surface area (Å²) in [6, 6.07) is 2.57. The van der Waals surface area contributed by atoms with Gasteiger partial charge < -0.3 is 5.32 Å². The summed E-state index contributed by atoms with van der Waals surface area (Å²) in [5, 5.41) is 8.84. The first-order chi connectivity index (χ1) is 8.19. The summed E-state index contributed by atoms with van der Waals surface area (Å²) in [5.41, 5.74) is 0. The molecule has 0 unspecified atom stereocenters. The second kappa shape index (κ2) is 4.69. The fourth-order valence-electron chi connectivity index (χ4n) is 1.18. The second-order valence-electron chi connectivity index (χ2n) is 3.28. The highest BCUT2D eigenvalue weighted by Crippen LogP contribution is 2.05. The van der Waals surface area contributed by atoms with Gasteiger partial charge in [-0.2, -0.15) is 0 Å².